The highest BCUT2D eigenvalue weighted by atomic mass is 16.6. The molecular weight excluding hydrogens is 911 g/mol. The highest BCUT2D eigenvalue weighted by Gasteiger charge is 2.41. The van der Waals surface area contributed by atoms with Crippen molar-refractivity contribution in [3.8, 4) is 11.3 Å². The van der Waals surface area contributed by atoms with Crippen LogP contribution in [0.25, 0.3) is 11.3 Å². The lowest BCUT2D eigenvalue weighted by molar-refractivity contribution is -0.167. The van der Waals surface area contributed by atoms with Gasteiger partial charge in [0.15, 0.2) is 11.6 Å². The van der Waals surface area contributed by atoms with E-state index in [-0.39, 0.29) is 42.0 Å². The minimum Gasteiger partial charge on any atom is -0.481 e. The molecule has 2 fully saturated rings. The lowest BCUT2D eigenvalue weighted by atomic mass is 10.0. The van der Waals surface area contributed by atoms with Crippen LogP contribution in [0.15, 0.2) is 48.5 Å². The van der Waals surface area contributed by atoms with E-state index in [4.69, 9.17) is 38.6 Å². The number of amides is 2. The molecular formula is C50H69N5O15. The molecule has 2 saturated heterocycles. The fourth-order valence-electron chi connectivity index (χ4n) is 7.10. The summed E-state index contributed by atoms with van der Waals surface area (Å²) in [6.07, 6.45) is 1.35. The number of aromatic amines is 1. The SMILES string of the molecule is CC(=O)O.CCOC(=O)C(OC(=O)[C@@H]1CCCCN1C(=O)OC(C)(C)C)C(=O)c1ccc(C(C)=O)cc1.CCOC(=O)c1ccc(-c2nc([C@@H]3CCCCN3C(=O)OC(C)(C)C)[nH]c2C(C)=O)cc1.N. The maximum Gasteiger partial charge on any atom is 0.411 e. The predicted molar refractivity (Wildman–Crippen MR) is 256 cm³/mol. The number of likely N-dealkylation sites (tertiary alicyclic amines) is 2. The van der Waals surface area contributed by atoms with Crippen LogP contribution in [0.2, 0.25) is 0 Å². The number of nitrogens with zero attached hydrogens (tertiary/aromatic N) is 3. The van der Waals surface area contributed by atoms with Gasteiger partial charge in [0.05, 0.1) is 30.5 Å². The largest absolute Gasteiger partial charge is 0.481 e. The Morgan fingerprint density at radius 2 is 1.17 bits per heavy atom. The van der Waals surface area contributed by atoms with Gasteiger partial charge in [0.25, 0.3) is 12.1 Å². The van der Waals surface area contributed by atoms with E-state index in [1.807, 2.05) is 20.8 Å². The standard InChI is InChI=1S/C24H31N3O5.C24H31NO8.C2H4O2.H3N/c1-6-31-22(29)17-12-10-16(11-13-17)20-19(15(2)28)25-21(26-20)18-9-7-8-14-27(18)23(30)32-24(3,4)5;1-6-31-22(29)20(19(27)17-12-10-16(11-13-17)15(2)26)32-21(28)18-9-7-8-14-25(18)23(30)33-24(3,4)5;1-2(3)4;/h10-13,18H,6-9,14H2,1-5H3,(H,25,26);10-13,18,20H,6-9,14H2,1-5H3;1H3,(H,3,4);1H3/t18-;18-,20?;;/m00../s1. The maximum absolute atomic E-state index is 13.0. The molecule has 3 heterocycles. The number of carbonyl (C=O) groups excluding carboxylic acids is 8. The lowest BCUT2D eigenvalue weighted by Crippen LogP contribution is -2.52. The molecule has 1 aromatic heterocycles. The molecule has 20 heteroatoms. The molecule has 3 atom stereocenters. The molecule has 2 aliphatic rings. The Labute approximate surface area is 408 Å². The first-order valence-corrected chi connectivity index (χ1v) is 22.9. The van der Waals surface area contributed by atoms with Crippen LogP contribution in [-0.4, -0.2) is 128 Å². The number of nitrogens with one attached hydrogen (secondary N) is 1. The summed E-state index contributed by atoms with van der Waals surface area (Å²) in [6, 6.07) is 11.2. The van der Waals surface area contributed by atoms with Crippen molar-refractivity contribution in [3.05, 3.63) is 76.7 Å². The quantitative estimate of drug-likeness (QED) is 0.0663. The topological polar surface area (TPSA) is 290 Å². The molecule has 3 aromatic rings. The number of benzene rings is 2. The predicted octanol–water partition coefficient (Wildman–Crippen LogP) is 8.51. The molecule has 1 unspecified atom stereocenters. The van der Waals surface area contributed by atoms with E-state index < -0.39 is 59.1 Å². The number of aromatic nitrogens is 2. The zero-order chi connectivity index (χ0) is 51.8. The highest BCUT2D eigenvalue weighted by Crippen LogP contribution is 2.34. The molecule has 0 spiro atoms. The summed E-state index contributed by atoms with van der Waals surface area (Å²) < 4.78 is 26.3. The van der Waals surface area contributed by atoms with Gasteiger partial charge < -0.3 is 39.9 Å². The Hall–Kier alpha value is -6.96. The molecule has 5 rings (SSSR count). The van der Waals surface area contributed by atoms with Gasteiger partial charge in [-0.1, -0.05) is 36.4 Å². The number of hydrogen-bond acceptors (Lipinski definition) is 16. The third kappa shape index (κ3) is 17.8. The number of aliphatic carboxylic acids is 1. The Bertz CT molecular complexity index is 2310. The lowest BCUT2D eigenvalue weighted by Gasteiger charge is -2.35. The number of hydrogen-bond donors (Lipinski definition) is 3. The Balaban J connectivity index is 0.000000440. The van der Waals surface area contributed by atoms with Crippen LogP contribution in [0, 0.1) is 0 Å². The molecule has 384 valence electrons. The smallest absolute Gasteiger partial charge is 0.411 e. The highest BCUT2D eigenvalue weighted by molar-refractivity contribution is 6.12. The molecule has 2 amide bonds. The van der Waals surface area contributed by atoms with Crippen molar-refractivity contribution < 1.29 is 71.9 Å². The second kappa shape index (κ2) is 26.7. The second-order valence-electron chi connectivity index (χ2n) is 18.2. The van der Waals surface area contributed by atoms with Crippen LogP contribution in [0.1, 0.15) is 168 Å². The van der Waals surface area contributed by atoms with E-state index in [0.717, 1.165) is 26.2 Å². The number of carbonyl (C=O) groups is 9. The number of H-pyrrole nitrogens is 1. The summed E-state index contributed by atoms with van der Waals surface area (Å²) in [4.78, 5) is 119. The van der Waals surface area contributed by atoms with Gasteiger partial charge in [-0.15, -0.1) is 0 Å². The van der Waals surface area contributed by atoms with Gasteiger partial charge in [-0.2, -0.15) is 0 Å². The second-order valence-corrected chi connectivity index (χ2v) is 18.2. The number of carboxylic acids is 1. The van der Waals surface area contributed by atoms with Crippen molar-refractivity contribution >= 4 is 53.4 Å². The summed E-state index contributed by atoms with van der Waals surface area (Å²) in [5, 5.41) is 7.42. The van der Waals surface area contributed by atoms with E-state index >= 15 is 0 Å². The van der Waals surface area contributed by atoms with Crippen LogP contribution < -0.4 is 6.15 Å². The zero-order valence-corrected chi connectivity index (χ0v) is 42.1. The third-order valence-electron chi connectivity index (χ3n) is 10.1. The molecule has 70 heavy (non-hydrogen) atoms. The van der Waals surface area contributed by atoms with E-state index in [0.29, 0.717) is 72.9 Å². The fourth-order valence-corrected chi connectivity index (χ4v) is 7.10. The van der Waals surface area contributed by atoms with E-state index in [2.05, 4.69) is 4.98 Å². The number of ether oxygens (including phenoxy) is 5. The Morgan fingerprint density at radius 3 is 1.67 bits per heavy atom. The number of carboxylic acid groups (broad SMARTS) is 1. The van der Waals surface area contributed by atoms with Crippen molar-refractivity contribution in [2.45, 2.75) is 144 Å². The molecule has 0 aliphatic carbocycles. The van der Waals surface area contributed by atoms with Crippen LogP contribution in [-0.2, 0) is 38.1 Å². The zero-order valence-electron chi connectivity index (χ0n) is 42.1. The number of esters is 3. The van der Waals surface area contributed by atoms with Gasteiger partial charge in [0.1, 0.15) is 28.8 Å². The average molecular weight is 980 g/mol. The van der Waals surface area contributed by atoms with E-state index in [9.17, 15) is 38.4 Å². The number of Topliss-reactive ketones (excluding diaryl/α,β-unsaturated/α-hetero) is 3. The van der Waals surface area contributed by atoms with Crippen molar-refractivity contribution in [1.29, 1.82) is 0 Å². The summed E-state index contributed by atoms with van der Waals surface area (Å²) in [6.45, 7) is 19.1. The van der Waals surface area contributed by atoms with Crippen LogP contribution in [0.4, 0.5) is 9.59 Å². The first-order chi connectivity index (χ1) is 32.3. The van der Waals surface area contributed by atoms with Gasteiger partial charge in [-0.25, -0.2) is 29.0 Å². The van der Waals surface area contributed by atoms with Crippen LogP contribution >= 0.6 is 0 Å². The number of rotatable bonds is 12. The fraction of sp³-hybridized carbons (Fsp3) is 0.520. The molecule has 0 saturated carbocycles. The monoisotopic (exact) mass is 979 g/mol. The maximum atomic E-state index is 13.0. The summed E-state index contributed by atoms with van der Waals surface area (Å²) in [7, 11) is 0. The van der Waals surface area contributed by atoms with Gasteiger partial charge in [-0.3, -0.25) is 29.0 Å². The Kier molecular flexibility index (Phi) is 22.6. The Morgan fingerprint density at radius 1 is 0.686 bits per heavy atom. The molecule has 2 aliphatic heterocycles. The van der Waals surface area contributed by atoms with Crippen LogP contribution in [0.5, 0.6) is 0 Å². The normalized spacial score (nSPS) is 15.9. The van der Waals surface area contributed by atoms with E-state index in [1.165, 1.54) is 43.0 Å². The molecule has 2 aromatic carbocycles. The van der Waals surface area contributed by atoms with Crippen molar-refractivity contribution in [2.24, 2.45) is 0 Å². The number of ketones is 3. The first-order valence-electron chi connectivity index (χ1n) is 22.9. The van der Waals surface area contributed by atoms with Crippen molar-refractivity contribution in [2.75, 3.05) is 26.3 Å². The van der Waals surface area contributed by atoms with Crippen LogP contribution in [0.3, 0.4) is 0 Å². The molecule has 20 nitrogen and oxygen atoms in total. The third-order valence-corrected chi connectivity index (χ3v) is 10.1. The average Bonchev–Trinajstić information content (AvgIpc) is 3.73. The number of piperidine rings is 2. The molecule has 5 N–H and O–H groups in total. The van der Waals surface area contributed by atoms with Gasteiger partial charge in [0, 0.05) is 43.6 Å². The summed E-state index contributed by atoms with van der Waals surface area (Å²) >= 11 is 0. The number of imidazole rings is 1. The summed E-state index contributed by atoms with van der Waals surface area (Å²) in [5.41, 5.74) is 1.13. The minimum atomic E-state index is -1.83. The minimum absolute atomic E-state index is 0. The first kappa shape index (κ1) is 59.2. The van der Waals surface area contributed by atoms with Crippen molar-refractivity contribution in [1.82, 2.24) is 25.9 Å². The van der Waals surface area contributed by atoms with Gasteiger partial charge in [0.2, 0.25) is 5.78 Å². The molecule has 0 radical (unpaired) electrons. The molecule has 0 bridgehead atoms. The van der Waals surface area contributed by atoms with E-state index in [1.54, 1.807) is 63.8 Å². The van der Waals surface area contributed by atoms with Crippen molar-refractivity contribution in [3.63, 3.8) is 0 Å². The van der Waals surface area contributed by atoms with Gasteiger partial charge in [-0.05, 0) is 113 Å². The van der Waals surface area contributed by atoms with Gasteiger partial charge >= 0.3 is 30.1 Å². The summed E-state index contributed by atoms with van der Waals surface area (Å²) in [5.74, 6) is -3.68.